The van der Waals surface area contributed by atoms with Crippen molar-refractivity contribution in [2.24, 2.45) is 0 Å². The molecular weight excluding hydrogens is 226 g/mol. The lowest BCUT2D eigenvalue weighted by Gasteiger charge is -2.11. The third kappa shape index (κ3) is 2.14. The summed E-state index contributed by atoms with van der Waals surface area (Å²) in [5.41, 5.74) is 9.69. The van der Waals surface area contributed by atoms with Crippen molar-refractivity contribution < 1.29 is 4.74 Å². The summed E-state index contributed by atoms with van der Waals surface area (Å²) >= 11 is 0. The van der Waals surface area contributed by atoms with Gasteiger partial charge >= 0.3 is 0 Å². The Labute approximate surface area is 107 Å². The summed E-state index contributed by atoms with van der Waals surface area (Å²) in [4.78, 5) is 8.80. The lowest BCUT2D eigenvalue weighted by Crippen LogP contribution is -2.03. The van der Waals surface area contributed by atoms with Crippen molar-refractivity contribution in [3.63, 3.8) is 0 Å². The van der Waals surface area contributed by atoms with Crippen LogP contribution in [0, 0.1) is 20.8 Å². The second kappa shape index (κ2) is 4.64. The molecule has 1 heterocycles. The van der Waals surface area contributed by atoms with E-state index >= 15 is 0 Å². The topological polar surface area (TPSA) is 61.0 Å². The zero-order valence-electron chi connectivity index (χ0n) is 11.1. The highest BCUT2D eigenvalue weighted by atomic mass is 16.5. The fourth-order valence-corrected chi connectivity index (χ4v) is 1.75. The Morgan fingerprint density at radius 1 is 1.11 bits per heavy atom. The number of benzene rings is 1. The van der Waals surface area contributed by atoms with Crippen LogP contribution in [0.25, 0.3) is 11.4 Å². The molecule has 4 heteroatoms. The van der Waals surface area contributed by atoms with Crippen molar-refractivity contribution in [2.75, 3.05) is 12.8 Å². The molecule has 2 N–H and O–H groups in total. The zero-order chi connectivity index (χ0) is 13.3. The predicted molar refractivity (Wildman–Crippen MR) is 72.6 cm³/mol. The van der Waals surface area contributed by atoms with E-state index in [0.29, 0.717) is 11.6 Å². The van der Waals surface area contributed by atoms with E-state index in [9.17, 15) is 0 Å². The number of aryl methyl sites for hydroxylation is 2. The summed E-state index contributed by atoms with van der Waals surface area (Å²) in [7, 11) is 1.64. The van der Waals surface area contributed by atoms with Gasteiger partial charge in [-0.15, -0.1) is 0 Å². The number of rotatable bonds is 2. The van der Waals surface area contributed by atoms with Crippen molar-refractivity contribution in [1.82, 2.24) is 9.97 Å². The molecule has 0 aliphatic heterocycles. The van der Waals surface area contributed by atoms with Crippen LogP contribution in [0.15, 0.2) is 18.2 Å². The van der Waals surface area contributed by atoms with Gasteiger partial charge in [0.25, 0.3) is 0 Å². The smallest absolute Gasteiger partial charge is 0.165 e. The fourth-order valence-electron chi connectivity index (χ4n) is 1.75. The summed E-state index contributed by atoms with van der Waals surface area (Å²) in [5, 5.41) is 0. The van der Waals surface area contributed by atoms with Gasteiger partial charge in [0, 0.05) is 11.3 Å². The largest absolute Gasteiger partial charge is 0.496 e. The quantitative estimate of drug-likeness (QED) is 0.880. The average Bonchev–Trinajstić information content (AvgIpc) is 2.35. The van der Waals surface area contributed by atoms with Crippen LogP contribution >= 0.6 is 0 Å². The first-order valence-corrected chi connectivity index (χ1v) is 5.78. The van der Waals surface area contributed by atoms with Crippen LogP contribution in [0.5, 0.6) is 5.75 Å². The molecule has 0 aliphatic carbocycles. The first-order valence-electron chi connectivity index (χ1n) is 5.78. The number of ether oxygens (including phenoxy) is 1. The van der Waals surface area contributed by atoms with Crippen LogP contribution in [-0.2, 0) is 0 Å². The van der Waals surface area contributed by atoms with Crippen LogP contribution < -0.4 is 10.5 Å². The number of methoxy groups -OCH3 is 1. The van der Waals surface area contributed by atoms with Crippen molar-refractivity contribution in [3.8, 4) is 17.1 Å². The summed E-state index contributed by atoms with van der Waals surface area (Å²) in [6.07, 6.45) is 0. The molecule has 2 aromatic rings. The maximum absolute atomic E-state index is 5.89. The van der Waals surface area contributed by atoms with E-state index in [1.807, 2.05) is 39.0 Å². The SMILES string of the molecule is COc1cc(C)ccc1-c1nc(C)c(C)c(N)n1. The molecule has 0 spiro atoms. The third-order valence-corrected chi connectivity index (χ3v) is 3.02. The van der Waals surface area contributed by atoms with Crippen molar-refractivity contribution in [1.29, 1.82) is 0 Å². The number of hydrogen-bond acceptors (Lipinski definition) is 4. The van der Waals surface area contributed by atoms with Crippen LogP contribution in [-0.4, -0.2) is 17.1 Å². The van der Waals surface area contributed by atoms with Gasteiger partial charge in [-0.2, -0.15) is 0 Å². The molecular formula is C14H17N3O. The molecule has 0 unspecified atom stereocenters. The van der Waals surface area contributed by atoms with Gasteiger partial charge in [0.05, 0.1) is 12.7 Å². The second-order valence-electron chi connectivity index (χ2n) is 4.35. The number of aromatic nitrogens is 2. The van der Waals surface area contributed by atoms with Gasteiger partial charge in [0.1, 0.15) is 11.6 Å². The van der Waals surface area contributed by atoms with Gasteiger partial charge in [0.15, 0.2) is 5.82 Å². The Balaban J connectivity index is 2.62. The number of anilines is 1. The molecule has 1 aromatic carbocycles. The molecule has 0 fully saturated rings. The molecule has 0 aliphatic rings. The number of nitrogen functional groups attached to an aromatic ring is 1. The van der Waals surface area contributed by atoms with Gasteiger partial charge in [-0.05, 0) is 38.5 Å². The minimum atomic E-state index is 0.514. The Morgan fingerprint density at radius 3 is 2.44 bits per heavy atom. The highest BCUT2D eigenvalue weighted by Crippen LogP contribution is 2.29. The van der Waals surface area contributed by atoms with Gasteiger partial charge in [-0.3, -0.25) is 0 Å². The van der Waals surface area contributed by atoms with Gasteiger partial charge in [-0.1, -0.05) is 6.07 Å². The highest BCUT2D eigenvalue weighted by Gasteiger charge is 2.12. The van der Waals surface area contributed by atoms with Gasteiger partial charge in [0.2, 0.25) is 0 Å². The van der Waals surface area contributed by atoms with Crippen LogP contribution in [0.1, 0.15) is 16.8 Å². The first kappa shape index (κ1) is 12.4. The fraction of sp³-hybridized carbons (Fsp3) is 0.286. The molecule has 0 radical (unpaired) electrons. The van der Waals surface area contributed by atoms with Crippen LogP contribution in [0.2, 0.25) is 0 Å². The average molecular weight is 243 g/mol. The molecule has 4 nitrogen and oxygen atoms in total. The molecule has 94 valence electrons. The van der Waals surface area contributed by atoms with E-state index in [1.165, 1.54) is 0 Å². The molecule has 2 rings (SSSR count). The Morgan fingerprint density at radius 2 is 1.83 bits per heavy atom. The molecule has 1 aromatic heterocycles. The molecule has 0 saturated carbocycles. The van der Waals surface area contributed by atoms with Crippen molar-refractivity contribution in [3.05, 3.63) is 35.0 Å². The number of hydrogen-bond donors (Lipinski definition) is 1. The minimum Gasteiger partial charge on any atom is -0.496 e. The van der Waals surface area contributed by atoms with E-state index in [1.54, 1.807) is 7.11 Å². The second-order valence-corrected chi connectivity index (χ2v) is 4.35. The summed E-state index contributed by atoms with van der Waals surface area (Å²) in [5.74, 6) is 1.88. The van der Waals surface area contributed by atoms with E-state index < -0.39 is 0 Å². The minimum absolute atomic E-state index is 0.514. The first-order chi connectivity index (χ1) is 8.52. The van der Waals surface area contributed by atoms with Crippen LogP contribution in [0.4, 0.5) is 5.82 Å². The van der Waals surface area contributed by atoms with Crippen molar-refractivity contribution >= 4 is 5.82 Å². The molecule has 0 amide bonds. The zero-order valence-corrected chi connectivity index (χ0v) is 11.1. The highest BCUT2D eigenvalue weighted by molar-refractivity contribution is 5.66. The molecule has 0 atom stereocenters. The Kier molecular flexibility index (Phi) is 3.19. The van der Waals surface area contributed by atoms with Crippen LogP contribution in [0.3, 0.4) is 0 Å². The normalized spacial score (nSPS) is 10.4. The van der Waals surface area contributed by atoms with E-state index in [2.05, 4.69) is 9.97 Å². The lowest BCUT2D eigenvalue weighted by molar-refractivity contribution is 0.416. The molecule has 18 heavy (non-hydrogen) atoms. The maximum Gasteiger partial charge on any atom is 0.165 e. The molecule has 0 bridgehead atoms. The maximum atomic E-state index is 5.89. The lowest BCUT2D eigenvalue weighted by atomic mass is 10.1. The summed E-state index contributed by atoms with van der Waals surface area (Å²) in [6.45, 7) is 5.86. The van der Waals surface area contributed by atoms with Gasteiger partial charge < -0.3 is 10.5 Å². The third-order valence-electron chi connectivity index (χ3n) is 3.02. The summed E-state index contributed by atoms with van der Waals surface area (Å²) < 4.78 is 5.37. The van der Waals surface area contributed by atoms with E-state index in [0.717, 1.165) is 28.1 Å². The standard InChI is InChI=1S/C14H17N3O/c1-8-5-6-11(12(7-8)18-4)14-16-10(3)9(2)13(15)17-14/h5-7H,1-4H3,(H2,15,16,17). The van der Waals surface area contributed by atoms with Crippen molar-refractivity contribution in [2.45, 2.75) is 20.8 Å². The number of nitrogens with zero attached hydrogens (tertiary/aromatic N) is 2. The Bertz CT molecular complexity index is 571. The molecule has 0 saturated heterocycles. The van der Waals surface area contributed by atoms with E-state index in [-0.39, 0.29) is 0 Å². The monoisotopic (exact) mass is 243 g/mol. The predicted octanol–water partition coefficient (Wildman–Crippen LogP) is 2.66. The Hall–Kier alpha value is -2.10. The van der Waals surface area contributed by atoms with E-state index in [4.69, 9.17) is 10.5 Å². The number of nitrogens with two attached hydrogens (primary N) is 1. The van der Waals surface area contributed by atoms with Gasteiger partial charge in [-0.25, -0.2) is 9.97 Å². The summed E-state index contributed by atoms with van der Waals surface area (Å²) in [6, 6.07) is 5.92.